The minimum Gasteiger partial charge on any atom is -0.450 e. The number of carbonyl (C=O) groups excluding carboxylic acids is 1. The molecule has 2 heterocycles. The Morgan fingerprint density at radius 1 is 1.19 bits per heavy atom. The van der Waals surface area contributed by atoms with E-state index in [0.29, 0.717) is 47.4 Å². The number of ether oxygens (including phenoxy) is 1. The first kappa shape index (κ1) is 25.8. The molecule has 0 saturated heterocycles. The molecule has 0 aliphatic heterocycles. The number of anilines is 1. The molecule has 0 bridgehead atoms. The molecule has 1 fully saturated rings. The number of benzene rings is 1. The fraction of sp³-hybridized carbons (Fsp3) is 0.286. The summed E-state index contributed by atoms with van der Waals surface area (Å²) in [5.74, 6) is 0.525. The Morgan fingerprint density at radius 2 is 1.97 bits per heavy atom. The molecule has 3 aromatic rings. The summed E-state index contributed by atoms with van der Waals surface area (Å²) in [5, 5.41) is 0. The maximum Gasteiger partial charge on any atom is 0.273 e. The highest BCUT2D eigenvalue weighted by Crippen LogP contribution is 2.34. The van der Waals surface area contributed by atoms with Crippen LogP contribution in [0.5, 0.6) is 5.75 Å². The number of likely N-dealkylation sites (N-methyl/N-ethyl adjacent to an activating group) is 1. The smallest absolute Gasteiger partial charge is 0.273 e. The number of hydrogen-bond donors (Lipinski definition) is 2. The van der Waals surface area contributed by atoms with E-state index in [0.717, 1.165) is 24.0 Å². The lowest BCUT2D eigenvalue weighted by Crippen LogP contribution is -2.31. The number of aryl methyl sites for hydroxylation is 1. The highest BCUT2D eigenvalue weighted by atomic mass is 19.1. The van der Waals surface area contributed by atoms with E-state index in [1.807, 2.05) is 6.92 Å². The zero-order valence-electron chi connectivity index (χ0n) is 21.2. The lowest BCUT2D eigenvalue weighted by Gasteiger charge is -2.20. The maximum atomic E-state index is 14.0. The second kappa shape index (κ2) is 11.2. The van der Waals surface area contributed by atoms with Crippen LogP contribution in [0.3, 0.4) is 0 Å². The molecule has 1 saturated carbocycles. The van der Waals surface area contributed by atoms with E-state index >= 15 is 0 Å². The number of amides is 1. The van der Waals surface area contributed by atoms with Crippen LogP contribution in [-0.4, -0.2) is 47.1 Å². The van der Waals surface area contributed by atoms with Gasteiger partial charge < -0.3 is 21.1 Å². The number of rotatable bonds is 9. The van der Waals surface area contributed by atoms with Gasteiger partial charge in [0, 0.05) is 44.2 Å². The standard InChI is InChI=1S/C28H31FN6O2/c1-4-18-14-20(29)10-11-21(18)26-22(6-5-13-32-26)37-27(24(31)28(36)35(2)3)25(34-15-17-7-8-17)19-9-12-23(30)33-16-19/h5-6,9-14,16-17H,4,7-8,15,31H2,1-3H3,(H2,30,33)/b27-24+,34-25?. The molecule has 0 unspecified atom stereocenters. The van der Waals surface area contributed by atoms with Gasteiger partial charge in [-0.1, -0.05) is 6.92 Å². The van der Waals surface area contributed by atoms with Crippen molar-refractivity contribution >= 4 is 17.4 Å². The average Bonchev–Trinajstić information content (AvgIpc) is 3.73. The maximum absolute atomic E-state index is 14.0. The molecule has 1 aliphatic rings. The van der Waals surface area contributed by atoms with E-state index in [1.54, 1.807) is 56.8 Å². The largest absolute Gasteiger partial charge is 0.450 e. The van der Waals surface area contributed by atoms with Crippen molar-refractivity contribution in [3.8, 4) is 17.0 Å². The zero-order valence-corrected chi connectivity index (χ0v) is 21.2. The third-order valence-electron chi connectivity index (χ3n) is 6.05. The van der Waals surface area contributed by atoms with Crippen molar-refractivity contribution in [1.82, 2.24) is 14.9 Å². The van der Waals surface area contributed by atoms with Crippen LogP contribution in [0.1, 0.15) is 30.9 Å². The molecular weight excluding hydrogens is 471 g/mol. The summed E-state index contributed by atoms with van der Waals surface area (Å²) >= 11 is 0. The van der Waals surface area contributed by atoms with Gasteiger partial charge in [-0.15, -0.1) is 0 Å². The molecule has 1 aliphatic carbocycles. The van der Waals surface area contributed by atoms with Gasteiger partial charge in [0.25, 0.3) is 5.91 Å². The van der Waals surface area contributed by atoms with Gasteiger partial charge >= 0.3 is 0 Å². The Kier molecular flexibility index (Phi) is 7.81. The minimum absolute atomic E-state index is 0.0975. The Hall–Kier alpha value is -4.27. The third-order valence-corrected chi connectivity index (χ3v) is 6.05. The Balaban J connectivity index is 1.87. The topological polar surface area (TPSA) is 120 Å². The van der Waals surface area contributed by atoms with E-state index in [2.05, 4.69) is 9.97 Å². The molecule has 192 valence electrons. The van der Waals surface area contributed by atoms with Crippen LogP contribution in [0.25, 0.3) is 11.3 Å². The summed E-state index contributed by atoms with van der Waals surface area (Å²) in [4.78, 5) is 28.0. The highest BCUT2D eigenvalue weighted by Gasteiger charge is 2.26. The number of aliphatic imine (C=N–C) groups is 1. The van der Waals surface area contributed by atoms with Crippen LogP contribution in [0.4, 0.5) is 10.2 Å². The van der Waals surface area contributed by atoms with E-state index in [-0.39, 0.29) is 17.3 Å². The number of nitrogen functional groups attached to an aromatic ring is 1. The van der Waals surface area contributed by atoms with Gasteiger partial charge in [-0.3, -0.25) is 14.8 Å². The second-order valence-corrected chi connectivity index (χ2v) is 9.15. The van der Waals surface area contributed by atoms with E-state index in [4.69, 9.17) is 21.2 Å². The lowest BCUT2D eigenvalue weighted by molar-refractivity contribution is -0.124. The molecule has 2 aromatic heterocycles. The number of carbonyl (C=O) groups is 1. The number of aromatic nitrogens is 2. The van der Waals surface area contributed by atoms with Gasteiger partial charge in [0.15, 0.2) is 11.5 Å². The summed E-state index contributed by atoms with van der Waals surface area (Å²) in [6.07, 6.45) is 6.00. The number of hydrogen-bond acceptors (Lipinski definition) is 7. The number of nitrogens with zero attached hydrogens (tertiary/aromatic N) is 4. The molecule has 0 atom stereocenters. The Morgan fingerprint density at radius 3 is 2.62 bits per heavy atom. The molecule has 1 amide bonds. The van der Waals surface area contributed by atoms with E-state index < -0.39 is 5.91 Å². The number of nitrogens with two attached hydrogens (primary N) is 2. The van der Waals surface area contributed by atoms with Gasteiger partial charge in [0.05, 0.1) is 0 Å². The molecule has 0 radical (unpaired) electrons. The van der Waals surface area contributed by atoms with Crippen LogP contribution in [0.2, 0.25) is 0 Å². The number of allylic oxidation sites excluding steroid dienone is 1. The lowest BCUT2D eigenvalue weighted by atomic mass is 10.0. The van der Waals surface area contributed by atoms with Gasteiger partial charge in [-0.2, -0.15) is 0 Å². The fourth-order valence-corrected chi connectivity index (χ4v) is 3.80. The first-order valence-electron chi connectivity index (χ1n) is 12.2. The monoisotopic (exact) mass is 502 g/mol. The number of halogens is 1. The SMILES string of the molecule is CCc1cc(F)ccc1-c1ncccc1O/C(C(=NCC1CC1)c1ccc(N)nc1)=C(/N)C(=O)N(C)C. The molecule has 37 heavy (non-hydrogen) atoms. The summed E-state index contributed by atoms with van der Waals surface area (Å²) < 4.78 is 20.4. The van der Waals surface area contributed by atoms with Gasteiger partial charge in [-0.05, 0) is 73.2 Å². The summed E-state index contributed by atoms with van der Waals surface area (Å²) in [6, 6.07) is 11.4. The summed E-state index contributed by atoms with van der Waals surface area (Å²) in [7, 11) is 3.22. The predicted octanol–water partition coefficient (Wildman–Crippen LogP) is 3.96. The van der Waals surface area contributed by atoms with Gasteiger partial charge in [0.2, 0.25) is 0 Å². The first-order valence-corrected chi connectivity index (χ1v) is 12.2. The highest BCUT2D eigenvalue weighted by molar-refractivity contribution is 6.15. The normalized spacial score (nSPS) is 14.2. The van der Waals surface area contributed by atoms with Crippen molar-refractivity contribution in [2.24, 2.45) is 16.6 Å². The molecule has 4 N–H and O–H groups in total. The molecular formula is C28H31FN6O2. The van der Waals surface area contributed by atoms with Gasteiger partial charge in [0.1, 0.15) is 28.7 Å². The zero-order chi connectivity index (χ0) is 26.5. The van der Waals surface area contributed by atoms with Crippen molar-refractivity contribution in [3.63, 3.8) is 0 Å². The van der Waals surface area contributed by atoms with E-state index in [1.165, 1.54) is 17.0 Å². The predicted molar refractivity (Wildman–Crippen MR) is 142 cm³/mol. The first-order chi connectivity index (χ1) is 17.8. The Bertz CT molecular complexity index is 1350. The third kappa shape index (κ3) is 6.11. The molecule has 9 heteroatoms. The molecule has 0 spiro atoms. The number of pyridine rings is 2. The van der Waals surface area contributed by atoms with Crippen molar-refractivity contribution in [1.29, 1.82) is 0 Å². The second-order valence-electron chi connectivity index (χ2n) is 9.15. The van der Waals surface area contributed by atoms with Crippen LogP contribution in [-0.2, 0) is 11.2 Å². The van der Waals surface area contributed by atoms with Crippen molar-refractivity contribution < 1.29 is 13.9 Å². The molecule has 4 rings (SSSR count). The van der Waals surface area contributed by atoms with Gasteiger partial charge in [-0.25, -0.2) is 9.37 Å². The van der Waals surface area contributed by atoms with Crippen molar-refractivity contribution in [2.75, 3.05) is 26.4 Å². The van der Waals surface area contributed by atoms with Crippen molar-refractivity contribution in [2.45, 2.75) is 26.2 Å². The van der Waals surface area contributed by atoms with E-state index in [9.17, 15) is 9.18 Å². The molecule has 8 nitrogen and oxygen atoms in total. The van der Waals surface area contributed by atoms with Crippen molar-refractivity contribution in [3.05, 3.63) is 83.3 Å². The summed E-state index contributed by atoms with van der Waals surface area (Å²) in [5.41, 5.74) is 15.1. The van der Waals surface area contributed by atoms with Crippen LogP contribution in [0, 0.1) is 11.7 Å². The van der Waals surface area contributed by atoms with Crippen LogP contribution < -0.4 is 16.2 Å². The Labute approximate surface area is 215 Å². The fourth-order valence-electron chi connectivity index (χ4n) is 3.80. The quantitative estimate of drug-likeness (QED) is 0.260. The van der Waals surface area contributed by atoms with Crippen LogP contribution in [0.15, 0.2) is 71.3 Å². The minimum atomic E-state index is -0.431. The average molecular weight is 503 g/mol. The molecule has 1 aromatic carbocycles. The summed E-state index contributed by atoms with van der Waals surface area (Å²) in [6.45, 7) is 2.51. The van der Waals surface area contributed by atoms with Crippen LogP contribution >= 0.6 is 0 Å².